The first-order valence-electron chi connectivity index (χ1n) is 11.5. The highest BCUT2D eigenvalue weighted by molar-refractivity contribution is 6.70. The third kappa shape index (κ3) is 5.63. The molecule has 0 saturated carbocycles. The molecule has 0 spiro atoms. The SMILES string of the molecule is C[Si](C)(C)O[C@](C(=O)O[C@@H]1CO[C@H]2[C@@H]1OC[C@@H]2OCc1ccccc1)(c1ccc(Cl)cc1)C(F)(F)F. The standard InChI is InChI=1S/C25H28ClF3O6Si/c1-36(2,3)35-24(25(27,28)29,17-9-11-18(26)12-10-17)23(30)34-20-15-33-21-19(14-32-22(20)21)31-13-16-7-5-4-6-8-16/h4-12,19-22H,13-15H2,1-3H3/t19-,20+,21+,22+,24-/m0/s1. The van der Waals surface area contributed by atoms with Crippen molar-refractivity contribution in [3.8, 4) is 0 Å². The van der Waals surface area contributed by atoms with Crippen molar-refractivity contribution < 1.29 is 41.3 Å². The van der Waals surface area contributed by atoms with Gasteiger partial charge < -0.3 is 23.4 Å². The van der Waals surface area contributed by atoms with Crippen LogP contribution in [0.15, 0.2) is 54.6 Å². The van der Waals surface area contributed by atoms with E-state index in [-0.39, 0.29) is 18.2 Å². The van der Waals surface area contributed by atoms with Gasteiger partial charge in [0.15, 0.2) is 14.4 Å². The molecule has 0 aliphatic carbocycles. The highest BCUT2D eigenvalue weighted by Gasteiger charge is 2.66. The number of ether oxygens (including phenoxy) is 4. The van der Waals surface area contributed by atoms with E-state index >= 15 is 0 Å². The van der Waals surface area contributed by atoms with E-state index in [2.05, 4.69) is 0 Å². The predicted molar refractivity (Wildman–Crippen MR) is 128 cm³/mol. The first-order chi connectivity index (χ1) is 16.9. The molecule has 2 aromatic rings. The van der Waals surface area contributed by atoms with Crippen LogP contribution in [0.1, 0.15) is 11.1 Å². The van der Waals surface area contributed by atoms with Gasteiger partial charge in [-0.2, -0.15) is 13.2 Å². The second kappa shape index (κ2) is 10.4. The van der Waals surface area contributed by atoms with Crippen molar-refractivity contribution in [1.82, 2.24) is 0 Å². The summed E-state index contributed by atoms with van der Waals surface area (Å²) in [4.78, 5) is 13.4. The lowest BCUT2D eigenvalue weighted by molar-refractivity contribution is -0.264. The Bertz CT molecular complexity index is 1050. The molecule has 0 amide bonds. The molecule has 0 N–H and O–H groups in total. The van der Waals surface area contributed by atoms with Crippen LogP contribution in [0.25, 0.3) is 0 Å². The smallest absolute Gasteiger partial charge is 0.431 e. The summed E-state index contributed by atoms with van der Waals surface area (Å²) in [5, 5.41) is 0.226. The van der Waals surface area contributed by atoms with E-state index in [0.717, 1.165) is 17.7 Å². The number of carbonyl (C=O) groups excluding carboxylic acids is 1. The Balaban J connectivity index is 1.53. The molecule has 2 fully saturated rings. The maximum atomic E-state index is 14.7. The summed E-state index contributed by atoms with van der Waals surface area (Å²) in [5.41, 5.74) is -2.76. The highest BCUT2D eigenvalue weighted by Crippen LogP contribution is 2.46. The van der Waals surface area contributed by atoms with Gasteiger partial charge in [-0.05, 0) is 37.3 Å². The molecule has 0 bridgehead atoms. The molecule has 0 unspecified atom stereocenters. The normalized spacial score (nSPS) is 25.9. The van der Waals surface area contributed by atoms with Gasteiger partial charge in [0, 0.05) is 10.6 Å². The van der Waals surface area contributed by atoms with Gasteiger partial charge in [-0.15, -0.1) is 0 Å². The van der Waals surface area contributed by atoms with Gasteiger partial charge in [-0.1, -0.05) is 54.1 Å². The van der Waals surface area contributed by atoms with Crippen LogP contribution in [0, 0.1) is 0 Å². The molecule has 2 aliphatic rings. The monoisotopic (exact) mass is 544 g/mol. The zero-order valence-corrected chi connectivity index (χ0v) is 21.8. The molecule has 2 saturated heterocycles. The van der Waals surface area contributed by atoms with Crippen molar-refractivity contribution in [1.29, 1.82) is 0 Å². The van der Waals surface area contributed by atoms with Gasteiger partial charge in [0.25, 0.3) is 5.60 Å². The van der Waals surface area contributed by atoms with Crippen molar-refractivity contribution in [3.63, 3.8) is 0 Å². The molecular weight excluding hydrogens is 517 g/mol. The van der Waals surface area contributed by atoms with E-state index < -0.39 is 56.0 Å². The van der Waals surface area contributed by atoms with Gasteiger partial charge in [-0.25, -0.2) is 4.79 Å². The Labute approximate surface area is 213 Å². The fraction of sp³-hybridized carbons (Fsp3) is 0.480. The number of rotatable bonds is 8. The molecule has 36 heavy (non-hydrogen) atoms. The average Bonchev–Trinajstić information content (AvgIpc) is 3.39. The molecule has 196 valence electrons. The topological polar surface area (TPSA) is 63.2 Å². The summed E-state index contributed by atoms with van der Waals surface area (Å²) in [6, 6.07) is 14.3. The van der Waals surface area contributed by atoms with Gasteiger partial charge in [0.1, 0.15) is 18.3 Å². The van der Waals surface area contributed by atoms with Crippen LogP contribution in [0.4, 0.5) is 13.2 Å². The number of alkyl halides is 3. The molecule has 2 aromatic carbocycles. The van der Waals surface area contributed by atoms with Gasteiger partial charge >= 0.3 is 12.1 Å². The Kier molecular flexibility index (Phi) is 7.85. The van der Waals surface area contributed by atoms with E-state index in [0.29, 0.717) is 6.61 Å². The summed E-state index contributed by atoms with van der Waals surface area (Å²) in [6.07, 6.45) is -7.92. The Morgan fingerprint density at radius 2 is 1.56 bits per heavy atom. The van der Waals surface area contributed by atoms with Crippen LogP contribution in [0.5, 0.6) is 0 Å². The van der Waals surface area contributed by atoms with Crippen LogP contribution in [-0.4, -0.2) is 58.1 Å². The lowest BCUT2D eigenvalue weighted by atomic mass is 9.93. The molecule has 2 aliphatic heterocycles. The second-order valence-electron chi connectivity index (χ2n) is 9.77. The zero-order chi connectivity index (χ0) is 26.1. The molecule has 4 rings (SSSR count). The number of fused-ring (bicyclic) bond motifs is 1. The number of hydrogen-bond donors (Lipinski definition) is 0. The van der Waals surface area contributed by atoms with Crippen LogP contribution < -0.4 is 0 Å². The minimum Gasteiger partial charge on any atom is -0.454 e. The van der Waals surface area contributed by atoms with E-state index in [1.165, 1.54) is 12.1 Å². The maximum Gasteiger partial charge on any atom is 0.431 e. The summed E-state index contributed by atoms with van der Waals surface area (Å²) in [6.45, 7) is 5.08. The third-order valence-corrected chi connectivity index (χ3v) is 7.10. The molecule has 11 heteroatoms. The molecule has 6 nitrogen and oxygen atoms in total. The number of hydrogen-bond acceptors (Lipinski definition) is 6. The summed E-state index contributed by atoms with van der Waals surface area (Å²) >= 11 is 5.89. The molecule has 5 atom stereocenters. The minimum atomic E-state index is -5.10. The maximum absolute atomic E-state index is 14.7. The summed E-state index contributed by atoms with van der Waals surface area (Å²) < 4.78 is 72.6. The molecule has 2 heterocycles. The number of carbonyl (C=O) groups is 1. The molecule has 0 aromatic heterocycles. The predicted octanol–water partition coefficient (Wildman–Crippen LogP) is 5.24. The Morgan fingerprint density at radius 3 is 2.14 bits per heavy atom. The number of esters is 1. The number of halogens is 4. The average molecular weight is 545 g/mol. The minimum absolute atomic E-state index is 0.117. The summed E-state index contributed by atoms with van der Waals surface area (Å²) in [5.74, 6) is -1.56. The molecule has 0 radical (unpaired) electrons. The first-order valence-corrected chi connectivity index (χ1v) is 15.3. The van der Waals surface area contributed by atoms with Crippen molar-refractivity contribution >= 4 is 25.9 Å². The van der Waals surface area contributed by atoms with E-state index in [1.807, 2.05) is 30.3 Å². The number of benzene rings is 2. The van der Waals surface area contributed by atoms with E-state index in [1.54, 1.807) is 19.6 Å². The highest BCUT2D eigenvalue weighted by atomic mass is 35.5. The van der Waals surface area contributed by atoms with Crippen LogP contribution >= 0.6 is 11.6 Å². The second-order valence-corrected chi connectivity index (χ2v) is 14.6. The van der Waals surface area contributed by atoms with Gasteiger partial charge in [-0.3, -0.25) is 0 Å². The van der Waals surface area contributed by atoms with Crippen molar-refractivity contribution in [3.05, 3.63) is 70.7 Å². The first kappa shape index (κ1) is 27.1. The van der Waals surface area contributed by atoms with Crippen LogP contribution in [0.3, 0.4) is 0 Å². The fourth-order valence-electron chi connectivity index (χ4n) is 4.37. The third-order valence-electron chi connectivity index (χ3n) is 5.92. The van der Waals surface area contributed by atoms with Gasteiger partial charge in [0.2, 0.25) is 0 Å². The lowest BCUT2D eigenvalue weighted by Gasteiger charge is -2.39. The van der Waals surface area contributed by atoms with Crippen molar-refractivity contribution in [2.45, 2.75) is 62.4 Å². The van der Waals surface area contributed by atoms with Crippen LogP contribution in [0.2, 0.25) is 24.7 Å². The van der Waals surface area contributed by atoms with Crippen molar-refractivity contribution in [2.24, 2.45) is 0 Å². The van der Waals surface area contributed by atoms with Gasteiger partial charge in [0.05, 0.1) is 19.8 Å². The Morgan fingerprint density at radius 1 is 0.972 bits per heavy atom. The molecular formula is C25H28ClF3O6Si. The van der Waals surface area contributed by atoms with Crippen molar-refractivity contribution in [2.75, 3.05) is 13.2 Å². The zero-order valence-electron chi connectivity index (χ0n) is 20.1. The van der Waals surface area contributed by atoms with Crippen LogP contribution in [-0.2, 0) is 40.4 Å². The fourth-order valence-corrected chi connectivity index (χ4v) is 5.73. The van der Waals surface area contributed by atoms with E-state index in [4.69, 9.17) is 35.0 Å². The van der Waals surface area contributed by atoms with E-state index in [9.17, 15) is 18.0 Å². The lowest BCUT2D eigenvalue weighted by Crippen LogP contribution is -2.57. The largest absolute Gasteiger partial charge is 0.454 e. The Hall–Kier alpha value is -1.95. The quantitative estimate of drug-likeness (QED) is 0.334. The summed E-state index contributed by atoms with van der Waals surface area (Å²) in [7, 11) is -2.93.